The first-order valence-electron chi connectivity index (χ1n) is 7.24. The van der Waals surface area contributed by atoms with Gasteiger partial charge in [-0.25, -0.2) is 0 Å². The van der Waals surface area contributed by atoms with Gasteiger partial charge in [-0.05, 0) is 24.6 Å². The molecule has 24 heavy (non-hydrogen) atoms. The maximum atomic E-state index is 12.5. The van der Waals surface area contributed by atoms with E-state index < -0.39 is 17.9 Å². The Morgan fingerprint density at radius 3 is 2.50 bits per heavy atom. The van der Waals surface area contributed by atoms with E-state index in [1.165, 1.54) is 17.6 Å². The summed E-state index contributed by atoms with van der Waals surface area (Å²) in [5, 5.41) is 12.2. The quantitative estimate of drug-likeness (QED) is 0.786. The molecule has 0 aliphatic rings. The number of carboxylic acid groups (broad SMARTS) is 1. The van der Waals surface area contributed by atoms with Crippen molar-refractivity contribution in [2.75, 3.05) is 0 Å². The molecule has 2 aromatic rings. The van der Waals surface area contributed by atoms with Gasteiger partial charge >= 0.3 is 5.97 Å². The minimum atomic E-state index is -1.06. The Balaban J connectivity index is 2.29. The second-order valence-corrected chi connectivity index (χ2v) is 5.83. The van der Waals surface area contributed by atoms with Crippen LogP contribution in [0.1, 0.15) is 45.8 Å². The number of hydrogen-bond acceptors (Lipinski definition) is 3. The second-order valence-electron chi connectivity index (χ2n) is 5.43. The van der Waals surface area contributed by atoms with Gasteiger partial charge in [-0.3, -0.25) is 14.4 Å². The van der Waals surface area contributed by atoms with Gasteiger partial charge in [0, 0.05) is 23.8 Å². The van der Waals surface area contributed by atoms with E-state index in [-0.39, 0.29) is 17.9 Å². The zero-order chi connectivity index (χ0) is 17.9. The van der Waals surface area contributed by atoms with Gasteiger partial charge in [0.05, 0.1) is 12.5 Å². The lowest BCUT2D eigenvalue weighted by Gasteiger charge is -2.18. The zero-order valence-corrected chi connectivity index (χ0v) is 14.0. The molecule has 126 valence electrons. The first-order chi connectivity index (χ1) is 11.3. The number of benzene rings is 1. The van der Waals surface area contributed by atoms with Crippen LogP contribution in [-0.2, 0) is 11.8 Å². The van der Waals surface area contributed by atoms with Crippen LogP contribution in [0.4, 0.5) is 0 Å². The molecule has 6 nitrogen and oxygen atoms in total. The third-order valence-electron chi connectivity index (χ3n) is 3.61. The molecule has 1 amide bonds. The summed E-state index contributed by atoms with van der Waals surface area (Å²) in [4.78, 5) is 35.1. The first-order valence-corrected chi connectivity index (χ1v) is 7.61. The van der Waals surface area contributed by atoms with E-state index in [4.69, 9.17) is 16.7 Å². The van der Waals surface area contributed by atoms with Gasteiger partial charge in [0.1, 0.15) is 5.69 Å². The van der Waals surface area contributed by atoms with Gasteiger partial charge in [-0.2, -0.15) is 0 Å². The molecule has 1 aromatic carbocycles. The molecule has 1 heterocycles. The molecule has 0 aliphatic carbocycles. The van der Waals surface area contributed by atoms with Gasteiger partial charge in [0.15, 0.2) is 5.78 Å². The highest BCUT2D eigenvalue weighted by Crippen LogP contribution is 2.25. The Bertz CT molecular complexity index is 798. The molecule has 0 aliphatic heterocycles. The molecule has 0 bridgehead atoms. The number of carboxylic acids is 1. The van der Waals surface area contributed by atoms with Gasteiger partial charge in [-0.15, -0.1) is 0 Å². The fourth-order valence-corrected chi connectivity index (χ4v) is 2.65. The van der Waals surface area contributed by atoms with Crippen LogP contribution in [0.25, 0.3) is 0 Å². The number of carbonyl (C=O) groups excluding carboxylic acids is 2. The fraction of sp³-hybridized carbons (Fsp3) is 0.235. The van der Waals surface area contributed by atoms with E-state index in [9.17, 15) is 14.4 Å². The maximum absolute atomic E-state index is 12.5. The van der Waals surface area contributed by atoms with Crippen LogP contribution in [0.5, 0.6) is 0 Å². The van der Waals surface area contributed by atoms with E-state index in [0.717, 1.165) is 0 Å². The number of amides is 1. The van der Waals surface area contributed by atoms with Crippen molar-refractivity contribution < 1.29 is 19.5 Å². The predicted molar refractivity (Wildman–Crippen MR) is 89.3 cm³/mol. The lowest BCUT2D eigenvalue weighted by molar-refractivity contribution is -0.137. The summed E-state index contributed by atoms with van der Waals surface area (Å²) in [6.07, 6.45) is 1.25. The highest BCUT2D eigenvalue weighted by molar-refractivity contribution is 6.31. The number of hydrogen-bond donors (Lipinski definition) is 2. The van der Waals surface area contributed by atoms with E-state index >= 15 is 0 Å². The summed E-state index contributed by atoms with van der Waals surface area (Å²) in [6, 6.07) is 7.44. The van der Waals surface area contributed by atoms with Crippen molar-refractivity contribution in [1.82, 2.24) is 9.88 Å². The van der Waals surface area contributed by atoms with Crippen LogP contribution in [0.15, 0.2) is 36.5 Å². The normalized spacial score (nSPS) is 11.8. The van der Waals surface area contributed by atoms with Crippen LogP contribution < -0.4 is 5.32 Å². The molecule has 1 atom stereocenters. The molecule has 0 spiro atoms. The Labute approximate surface area is 144 Å². The highest BCUT2D eigenvalue weighted by Gasteiger charge is 2.22. The Morgan fingerprint density at radius 1 is 1.29 bits per heavy atom. The van der Waals surface area contributed by atoms with Gasteiger partial charge in [0.25, 0.3) is 5.91 Å². The molecule has 0 radical (unpaired) electrons. The SMILES string of the molecule is CC(=O)c1cc(C(=O)N[C@H](CC(=O)O)c2ccccc2Cl)n(C)c1. The predicted octanol–water partition coefficient (Wildman–Crippen LogP) is 2.83. The molecule has 7 heteroatoms. The molecule has 2 N–H and O–H groups in total. The summed E-state index contributed by atoms with van der Waals surface area (Å²) in [5.74, 6) is -1.69. The number of nitrogens with zero attached hydrogens (tertiary/aromatic N) is 1. The van der Waals surface area contributed by atoms with Crippen LogP contribution in [0.2, 0.25) is 5.02 Å². The average molecular weight is 349 g/mol. The van der Waals surface area contributed by atoms with Crippen LogP contribution in [-0.4, -0.2) is 27.3 Å². The molecule has 0 unspecified atom stereocenters. The molecular weight excluding hydrogens is 332 g/mol. The first kappa shape index (κ1) is 17.7. The smallest absolute Gasteiger partial charge is 0.305 e. The standard InChI is InChI=1S/C17H17ClN2O4/c1-10(21)11-7-15(20(2)9-11)17(24)19-14(8-16(22)23)12-5-3-4-6-13(12)18/h3-7,9,14H,8H2,1-2H3,(H,19,24)(H,22,23)/t14-/m1/s1. The van der Waals surface area contributed by atoms with Crippen molar-refractivity contribution in [3.05, 3.63) is 58.4 Å². The molecule has 0 fully saturated rings. The number of halogens is 1. The van der Waals surface area contributed by atoms with E-state index in [0.29, 0.717) is 16.1 Å². The lowest BCUT2D eigenvalue weighted by atomic mass is 10.0. The summed E-state index contributed by atoms with van der Waals surface area (Å²) >= 11 is 6.11. The maximum Gasteiger partial charge on any atom is 0.305 e. The number of aryl methyl sites for hydroxylation is 1. The molecule has 0 saturated heterocycles. The molecule has 1 aromatic heterocycles. The Hall–Kier alpha value is -2.60. The van der Waals surface area contributed by atoms with Crippen molar-refractivity contribution in [3.8, 4) is 0 Å². The molecule has 2 rings (SSSR count). The van der Waals surface area contributed by atoms with Crippen LogP contribution >= 0.6 is 11.6 Å². The van der Waals surface area contributed by atoms with Crippen LogP contribution in [0, 0.1) is 0 Å². The minimum Gasteiger partial charge on any atom is -0.481 e. The van der Waals surface area contributed by atoms with Crippen LogP contribution in [0.3, 0.4) is 0 Å². The number of aromatic nitrogens is 1. The van der Waals surface area contributed by atoms with Gasteiger partial charge in [-0.1, -0.05) is 29.8 Å². The number of aliphatic carboxylic acids is 1. The largest absolute Gasteiger partial charge is 0.481 e. The Kier molecular flexibility index (Phi) is 5.41. The fourth-order valence-electron chi connectivity index (χ4n) is 2.39. The summed E-state index contributed by atoms with van der Waals surface area (Å²) in [5.41, 5.74) is 1.20. The van der Waals surface area contributed by atoms with Gasteiger partial charge < -0.3 is 15.0 Å². The zero-order valence-electron chi connectivity index (χ0n) is 13.2. The third-order valence-corrected chi connectivity index (χ3v) is 3.95. The molecular formula is C17H17ClN2O4. The number of ketones is 1. The number of carbonyl (C=O) groups is 3. The van der Waals surface area contributed by atoms with Crippen molar-refractivity contribution >= 4 is 29.3 Å². The highest BCUT2D eigenvalue weighted by atomic mass is 35.5. The van der Waals surface area contributed by atoms with E-state index in [1.807, 2.05) is 0 Å². The minimum absolute atomic E-state index is 0.155. The second kappa shape index (κ2) is 7.31. The van der Waals surface area contributed by atoms with Gasteiger partial charge in [0.2, 0.25) is 0 Å². The number of rotatable bonds is 6. The Morgan fingerprint density at radius 2 is 1.96 bits per heavy atom. The summed E-state index contributed by atoms with van der Waals surface area (Å²) in [7, 11) is 1.64. The summed E-state index contributed by atoms with van der Waals surface area (Å²) < 4.78 is 1.52. The van der Waals surface area contributed by atoms with Crippen molar-refractivity contribution in [1.29, 1.82) is 0 Å². The lowest BCUT2D eigenvalue weighted by Crippen LogP contribution is -2.31. The summed E-state index contributed by atoms with van der Waals surface area (Å²) in [6.45, 7) is 1.41. The van der Waals surface area contributed by atoms with Crippen molar-refractivity contribution in [2.45, 2.75) is 19.4 Å². The number of Topliss-reactive ketones (excluding diaryl/α,β-unsaturated/α-hetero) is 1. The van der Waals surface area contributed by atoms with E-state index in [1.54, 1.807) is 37.5 Å². The third kappa shape index (κ3) is 4.02. The number of nitrogens with one attached hydrogen (secondary N) is 1. The molecule has 0 saturated carbocycles. The topological polar surface area (TPSA) is 88.4 Å². The van der Waals surface area contributed by atoms with Crippen molar-refractivity contribution in [3.63, 3.8) is 0 Å². The van der Waals surface area contributed by atoms with E-state index in [2.05, 4.69) is 5.32 Å². The monoisotopic (exact) mass is 348 g/mol. The van der Waals surface area contributed by atoms with Crippen molar-refractivity contribution in [2.24, 2.45) is 7.05 Å². The average Bonchev–Trinajstić information content (AvgIpc) is 2.89.